The van der Waals surface area contributed by atoms with Gasteiger partial charge in [-0.25, -0.2) is 0 Å². The average molecular weight is 219 g/mol. The second kappa shape index (κ2) is 4.16. The van der Waals surface area contributed by atoms with E-state index in [0.717, 1.165) is 24.2 Å². The van der Waals surface area contributed by atoms with Crippen molar-refractivity contribution in [2.45, 2.75) is 25.9 Å². The van der Waals surface area contributed by atoms with Crippen LogP contribution < -0.4 is 4.74 Å². The lowest BCUT2D eigenvalue weighted by Crippen LogP contribution is -2.21. The second-order valence-electron chi connectivity index (χ2n) is 4.50. The Morgan fingerprint density at radius 3 is 2.56 bits per heavy atom. The summed E-state index contributed by atoms with van der Waals surface area (Å²) in [7, 11) is 3.51. The van der Waals surface area contributed by atoms with Crippen molar-refractivity contribution < 1.29 is 9.53 Å². The van der Waals surface area contributed by atoms with E-state index in [-0.39, 0.29) is 5.91 Å². The van der Waals surface area contributed by atoms with E-state index in [2.05, 4.69) is 0 Å². The van der Waals surface area contributed by atoms with Crippen molar-refractivity contribution in [3.63, 3.8) is 0 Å². The molecule has 0 heterocycles. The molecule has 0 aliphatic heterocycles. The second-order valence-corrected chi connectivity index (χ2v) is 4.50. The number of aryl methyl sites for hydroxylation is 1. The molecule has 3 heteroatoms. The standard InChI is InChI=1S/C13H17NO2/c1-9-8-10(13(15)14(2)3)4-7-12(9)16-11-5-6-11/h4,7-8,11H,5-6H2,1-3H3. The van der Waals surface area contributed by atoms with E-state index >= 15 is 0 Å². The highest BCUT2D eigenvalue weighted by molar-refractivity contribution is 5.94. The highest BCUT2D eigenvalue weighted by Gasteiger charge is 2.24. The highest BCUT2D eigenvalue weighted by atomic mass is 16.5. The molecule has 1 aromatic carbocycles. The number of hydrogen-bond donors (Lipinski definition) is 0. The van der Waals surface area contributed by atoms with Crippen molar-refractivity contribution in [1.29, 1.82) is 0 Å². The van der Waals surface area contributed by atoms with Crippen LogP contribution in [0.1, 0.15) is 28.8 Å². The number of ether oxygens (including phenoxy) is 1. The van der Waals surface area contributed by atoms with Crippen LogP contribution in [0.4, 0.5) is 0 Å². The molecule has 0 atom stereocenters. The van der Waals surface area contributed by atoms with Gasteiger partial charge in [-0.2, -0.15) is 0 Å². The first kappa shape index (κ1) is 11.0. The smallest absolute Gasteiger partial charge is 0.253 e. The van der Waals surface area contributed by atoms with Crippen LogP contribution in [-0.4, -0.2) is 31.0 Å². The molecule has 86 valence electrons. The minimum absolute atomic E-state index is 0.0288. The zero-order valence-corrected chi connectivity index (χ0v) is 9.99. The van der Waals surface area contributed by atoms with Gasteiger partial charge in [-0.1, -0.05) is 0 Å². The molecule has 0 unspecified atom stereocenters. The zero-order chi connectivity index (χ0) is 11.7. The van der Waals surface area contributed by atoms with Gasteiger partial charge >= 0.3 is 0 Å². The molecule has 1 aliphatic carbocycles. The maximum absolute atomic E-state index is 11.7. The summed E-state index contributed by atoms with van der Waals surface area (Å²) in [6.07, 6.45) is 2.70. The Kier molecular flexibility index (Phi) is 2.86. The fourth-order valence-corrected chi connectivity index (χ4v) is 1.54. The van der Waals surface area contributed by atoms with Crippen LogP contribution in [0.2, 0.25) is 0 Å². The van der Waals surface area contributed by atoms with E-state index in [0.29, 0.717) is 11.7 Å². The number of hydrogen-bond acceptors (Lipinski definition) is 2. The Balaban J connectivity index is 2.17. The molecule has 2 rings (SSSR count). The number of rotatable bonds is 3. The van der Waals surface area contributed by atoms with E-state index < -0.39 is 0 Å². The molecule has 0 aromatic heterocycles. The van der Waals surface area contributed by atoms with E-state index in [4.69, 9.17) is 4.74 Å². The first-order chi connectivity index (χ1) is 7.58. The van der Waals surface area contributed by atoms with E-state index in [1.165, 1.54) is 0 Å². The topological polar surface area (TPSA) is 29.5 Å². The van der Waals surface area contributed by atoms with E-state index in [9.17, 15) is 4.79 Å². The molecule has 0 saturated heterocycles. The minimum Gasteiger partial charge on any atom is -0.490 e. The summed E-state index contributed by atoms with van der Waals surface area (Å²) in [6, 6.07) is 5.61. The van der Waals surface area contributed by atoms with Gasteiger partial charge in [0.05, 0.1) is 6.10 Å². The molecule has 1 fully saturated rings. The van der Waals surface area contributed by atoms with Gasteiger partial charge in [0.2, 0.25) is 0 Å². The molecular weight excluding hydrogens is 202 g/mol. The molecule has 3 nitrogen and oxygen atoms in total. The number of benzene rings is 1. The van der Waals surface area contributed by atoms with Crippen molar-refractivity contribution in [3.05, 3.63) is 29.3 Å². The summed E-state index contributed by atoms with van der Waals surface area (Å²) >= 11 is 0. The maximum atomic E-state index is 11.7. The minimum atomic E-state index is 0.0288. The molecule has 1 aliphatic rings. The number of carbonyl (C=O) groups is 1. The number of carbonyl (C=O) groups excluding carboxylic acids is 1. The van der Waals surface area contributed by atoms with E-state index in [1.54, 1.807) is 19.0 Å². The van der Waals surface area contributed by atoms with Crippen LogP contribution in [0.25, 0.3) is 0 Å². The summed E-state index contributed by atoms with van der Waals surface area (Å²) in [5.74, 6) is 0.930. The summed E-state index contributed by atoms with van der Waals surface area (Å²) < 4.78 is 5.73. The molecule has 1 aromatic rings. The molecular formula is C13H17NO2. The van der Waals surface area contributed by atoms with Crippen LogP contribution in [0.15, 0.2) is 18.2 Å². The van der Waals surface area contributed by atoms with Crippen molar-refractivity contribution in [1.82, 2.24) is 4.90 Å². The van der Waals surface area contributed by atoms with Gasteiger partial charge in [0.1, 0.15) is 5.75 Å². The first-order valence-electron chi connectivity index (χ1n) is 5.57. The quantitative estimate of drug-likeness (QED) is 0.780. The predicted octanol–water partition coefficient (Wildman–Crippen LogP) is 2.24. The van der Waals surface area contributed by atoms with Gasteiger partial charge in [0, 0.05) is 19.7 Å². The van der Waals surface area contributed by atoms with Crippen LogP contribution in [0.5, 0.6) is 5.75 Å². The van der Waals surface area contributed by atoms with Gasteiger partial charge in [-0.05, 0) is 43.5 Å². The maximum Gasteiger partial charge on any atom is 0.253 e. The summed E-state index contributed by atoms with van der Waals surface area (Å²) in [4.78, 5) is 13.3. The lowest BCUT2D eigenvalue weighted by atomic mass is 10.1. The Hall–Kier alpha value is -1.51. The molecule has 0 radical (unpaired) electrons. The summed E-state index contributed by atoms with van der Waals surface area (Å²) in [5.41, 5.74) is 1.74. The van der Waals surface area contributed by atoms with Crippen LogP contribution in [0.3, 0.4) is 0 Å². The fourth-order valence-electron chi connectivity index (χ4n) is 1.54. The SMILES string of the molecule is Cc1cc(C(=O)N(C)C)ccc1OC1CC1. The molecule has 0 N–H and O–H groups in total. The summed E-state index contributed by atoms with van der Waals surface area (Å²) in [5, 5.41) is 0. The van der Waals surface area contributed by atoms with Gasteiger partial charge in [0.15, 0.2) is 0 Å². The largest absolute Gasteiger partial charge is 0.490 e. The number of nitrogens with zero attached hydrogens (tertiary/aromatic N) is 1. The molecule has 16 heavy (non-hydrogen) atoms. The normalized spacial score (nSPS) is 14.7. The van der Waals surface area contributed by atoms with Gasteiger partial charge in [0.25, 0.3) is 5.91 Å². The average Bonchev–Trinajstić information content (AvgIpc) is 3.03. The lowest BCUT2D eigenvalue weighted by molar-refractivity contribution is 0.0827. The van der Waals surface area contributed by atoms with Gasteiger partial charge in [-0.15, -0.1) is 0 Å². The fraction of sp³-hybridized carbons (Fsp3) is 0.462. The van der Waals surface area contributed by atoms with E-state index in [1.807, 2.05) is 25.1 Å². The molecule has 0 spiro atoms. The van der Waals surface area contributed by atoms with Crippen LogP contribution in [-0.2, 0) is 0 Å². The third-order valence-corrected chi connectivity index (χ3v) is 2.65. The Morgan fingerprint density at radius 1 is 1.38 bits per heavy atom. The molecule has 0 bridgehead atoms. The molecule has 1 amide bonds. The lowest BCUT2D eigenvalue weighted by Gasteiger charge is -2.13. The van der Waals surface area contributed by atoms with Gasteiger partial charge < -0.3 is 9.64 Å². The monoisotopic (exact) mass is 219 g/mol. The van der Waals surface area contributed by atoms with Crippen LogP contribution in [0, 0.1) is 6.92 Å². The van der Waals surface area contributed by atoms with Crippen molar-refractivity contribution >= 4 is 5.91 Å². The zero-order valence-electron chi connectivity index (χ0n) is 9.99. The predicted molar refractivity (Wildman–Crippen MR) is 62.8 cm³/mol. The third kappa shape index (κ3) is 2.35. The Labute approximate surface area is 96.0 Å². The Bertz CT molecular complexity index is 408. The third-order valence-electron chi connectivity index (χ3n) is 2.65. The molecule has 1 saturated carbocycles. The van der Waals surface area contributed by atoms with Gasteiger partial charge in [-0.3, -0.25) is 4.79 Å². The number of amides is 1. The highest BCUT2D eigenvalue weighted by Crippen LogP contribution is 2.29. The summed E-state index contributed by atoms with van der Waals surface area (Å²) in [6.45, 7) is 1.98. The van der Waals surface area contributed by atoms with Crippen LogP contribution >= 0.6 is 0 Å². The van der Waals surface area contributed by atoms with Crippen molar-refractivity contribution in [2.75, 3.05) is 14.1 Å². The van der Waals surface area contributed by atoms with Crippen molar-refractivity contribution in [2.24, 2.45) is 0 Å². The Morgan fingerprint density at radius 2 is 2.06 bits per heavy atom. The first-order valence-corrected chi connectivity index (χ1v) is 5.57. The van der Waals surface area contributed by atoms with Crippen molar-refractivity contribution in [3.8, 4) is 5.75 Å².